The fourth-order valence-corrected chi connectivity index (χ4v) is 3.44. The first-order chi connectivity index (χ1) is 13.3. The first kappa shape index (κ1) is 20.6. The summed E-state index contributed by atoms with van der Waals surface area (Å²) in [7, 11) is 0. The third kappa shape index (κ3) is 4.84. The van der Waals surface area contributed by atoms with Crippen LogP contribution in [0.1, 0.15) is 19.4 Å². The molecule has 2 aromatic rings. The molecule has 0 bridgehead atoms. The zero-order valence-corrected chi connectivity index (χ0v) is 17.1. The van der Waals surface area contributed by atoms with Crippen LogP contribution in [0.2, 0.25) is 5.02 Å². The fourth-order valence-electron chi connectivity index (χ4n) is 3.22. The number of hydrogen-bond donors (Lipinski definition) is 1. The molecule has 1 aliphatic heterocycles. The van der Waals surface area contributed by atoms with Crippen molar-refractivity contribution < 1.29 is 18.7 Å². The number of amides is 1. The average molecular weight is 409 g/mol. The lowest BCUT2D eigenvalue weighted by atomic mass is 10.0. The van der Waals surface area contributed by atoms with Crippen LogP contribution in [0.4, 0.5) is 0 Å². The lowest BCUT2D eigenvalue weighted by molar-refractivity contribution is -0.123. The smallest absolute Gasteiger partial charge is 0.336 e. The number of carbonyl (C=O) groups excluding carboxylic acids is 1. The van der Waals surface area contributed by atoms with E-state index < -0.39 is 5.63 Å². The summed E-state index contributed by atoms with van der Waals surface area (Å²) in [6.45, 7) is 9.39. The number of carbonyl (C=O) groups is 1. The second kappa shape index (κ2) is 8.51. The molecule has 1 N–H and O–H groups in total. The normalized spacial score (nSPS) is 15.6. The van der Waals surface area contributed by atoms with Crippen molar-refractivity contribution in [2.45, 2.75) is 26.3 Å². The van der Waals surface area contributed by atoms with Gasteiger partial charge in [0.05, 0.1) is 18.2 Å². The second-order valence-electron chi connectivity index (χ2n) is 7.50. The van der Waals surface area contributed by atoms with Crippen molar-refractivity contribution in [2.24, 2.45) is 0 Å². The summed E-state index contributed by atoms with van der Waals surface area (Å²) in [5.74, 6) is 0.0497. The predicted octanol–water partition coefficient (Wildman–Crippen LogP) is 2.36. The Morgan fingerprint density at radius 1 is 1.29 bits per heavy atom. The van der Waals surface area contributed by atoms with Crippen LogP contribution in [0.15, 0.2) is 27.4 Å². The Kier molecular flexibility index (Phi) is 6.27. The minimum absolute atomic E-state index is 0.180. The molecule has 1 aromatic carbocycles. The topological polar surface area (TPSA) is 81.0 Å². The van der Waals surface area contributed by atoms with E-state index in [1.165, 1.54) is 12.1 Å². The molecule has 1 aliphatic rings. The molecule has 28 heavy (non-hydrogen) atoms. The van der Waals surface area contributed by atoms with E-state index in [4.69, 9.17) is 25.5 Å². The summed E-state index contributed by atoms with van der Waals surface area (Å²) < 4.78 is 16.1. The van der Waals surface area contributed by atoms with Gasteiger partial charge in [0.1, 0.15) is 11.3 Å². The van der Waals surface area contributed by atoms with Crippen molar-refractivity contribution in [3.8, 4) is 5.75 Å². The van der Waals surface area contributed by atoms with Crippen LogP contribution in [0.5, 0.6) is 5.75 Å². The molecule has 1 amide bonds. The zero-order chi connectivity index (χ0) is 20.3. The van der Waals surface area contributed by atoms with Crippen LogP contribution in [0.3, 0.4) is 0 Å². The number of aryl methyl sites for hydroxylation is 1. The monoisotopic (exact) mass is 408 g/mol. The highest BCUT2D eigenvalue weighted by molar-refractivity contribution is 6.32. The Labute approximate surface area is 168 Å². The van der Waals surface area contributed by atoms with E-state index in [9.17, 15) is 9.59 Å². The molecule has 152 valence electrons. The Hall–Kier alpha value is -2.09. The quantitative estimate of drug-likeness (QED) is 0.739. The molecule has 1 aromatic heterocycles. The predicted molar refractivity (Wildman–Crippen MR) is 107 cm³/mol. The summed E-state index contributed by atoms with van der Waals surface area (Å²) in [5.41, 5.74) is 0.517. The molecule has 7 nitrogen and oxygen atoms in total. The Morgan fingerprint density at radius 3 is 2.71 bits per heavy atom. The van der Waals surface area contributed by atoms with Gasteiger partial charge >= 0.3 is 5.63 Å². The molecular formula is C20H25ClN2O5. The molecule has 0 saturated carbocycles. The molecule has 0 radical (unpaired) electrons. The number of nitrogens with zero attached hydrogens (tertiary/aromatic N) is 1. The van der Waals surface area contributed by atoms with Crippen LogP contribution >= 0.6 is 11.6 Å². The van der Waals surface area contributed by atoms with Gasteiger partial charge in [-0.25, -0.2) is 4.79 Å². The highest BCUT2D eigenvalue weighted by Crippen LogP contribution is 2.31. The third-order valence-electron chi connectivity index (χ3n) is 4.95. The maximum atomic E-state index is 12.2. The van der Waals surface area contributed by atoms with Crippen LogP contribution in [-0.4, -0.2) is 55.8 Å². The number of fused-ring (bicyclic) bond motifs is 1. The number of rotatable bonds is 6. The highest BCUT2D eigenvalue weighted by Gasteiger charge is 2.28. The van der Waals surface area contributed by atoms with Gasteiger partial charge in [-0.3, -0.25) is 9.69 Å². The van der Waals surface area contributed by atoms with Crippen LogP contribution < -0.4 is 15.7 Å². The molecule has 0 spiro atoms. The van der Waals surface area contributed by atoms with Crippen molar-refractivity contribution in [1.82, 2.24) is 10.2 Å². The minimum Gasteiger partial charge on any atom is -0.482 e. The number of ether oxygens (including phenoxy) is 2. The lowest BCUT2D eigenvalue weighted by Gasteiger charge is -2.40. The van der Waals surface area contributed by atoms with E-state index in [0.29, 0.717) is 36.1 Å². The summed E-state index contributed by atoms with van der Waals surface area (Å²) in [6.07, 6.45) is 0. The van der Waals surface area contributed by atoms with Gasteiger partial charge in [0.2, 0.25) is 0 Å². The number of morpholine rings is 1. The molecule has 0 atom stereocenters. The van der Waals surface area contributed by atoms with Crippen LogP contribution in [-0.2, 0) is 9.53 Å². The first-order valence-corrected chi connectivity index (χ1v) is 9.60. The summed E-state index contributed by atoms with van der Waals surface area (Å²) >= 11 is 6.25. The van der Waals surface area contributed by atoms with Crippen LogP contribution in [0, 0.1) is 6.92 Å². The van der Waals surface area contributed by atoms with E-state index in [0.717, 1.165) is 24.0 Å². The van der Waals surface area contributed by atoms with Crippen molar-refractivity contribution >= 4 is 28.5 Å². The van der Waals surface area contributed by atoms with Crippen LogP contribution in [0.25, 0.3) is 11.0 Å². The average Bonchev–Trinajstić information content (AvgIpc) is 2.66. The SMILES string of the molecule is Cc1cc(=O)oc2cc(OCC(=O)NCC(C)(C)N3CCOCC3)c(Cl)cc12. The number of hydrogen-bond acceptors (Lipinski definition) is 6. The van der Waals surface area contributed by atoms with Crippen molar-refractivity contribution in [1.29, 1.82) is 0 Å². The van der Waals surface area contributed by atoms with Crippen molar-refractivity contribution in [3.05, 3.63) is 39.2 Å². The standard InChI is InChI=1S/C20H25ClN2O5/c1-13-8-19(25)28-16-10-17(15(21)9-14(13)16)27-11-18(24)22-12-20(2,3)23-4-6-26-7-5-23/h8-10H,4-7,11-12H2,1-3H3,(H,22,24). The van der Waals surface area contributed by atoms with Gasteiger partial charge in [-0.1, -0.05) is 11.6 Å². The number of halogens is 1. The Bertz CT molecular complexity index is 919. The van der Waals surface area contributed by atoms with Gasteiger partial charge in [-0.15, -0.1) is 0 Å². The van der Waals surface area contributed by atoms with E-state index in [2.05, 4.69) is 24.1 Å². The highest BCUT2D eigenvalue weighted by atomic mass is 35.5. The number of nitrogens with one attached hydrogen (secondary N) is 1. The molecular weight excluding hydrogens is 384 g/mol. The number of benzene rings is 1. The molecule has 8 heteroatoms. The molecule has 1 fully saturated rings. The first-order valence-electron chi connectivity index (χ1n) is 9.22. The van der Waals surface area contributed by atoms with E-state index in [-0.39, 0.29) is 18.1 Å². The van der Waals surface area contributed by atoms with E-state index >= 15 is 0 Å². The maximum Gasteiger partial charge on any atom is 0.336 e. The summed E-state index contributed by atoms with van der Waals surface area (Å²) in [4.78, 5) is 26.1. The maximum absolute atomic E-state index is 12.2. The molecule has 1 saturated heterocycles. The third-order valence-corrected chi connectivity index (χ3v) is 5.24. The van der Waals surface area contributed by atoms with Gasteiger partial charge in [0, 0.05) is 42.7 Å². The second-order valence-corrected chi connectivity index (χ2v) is 7.91. The van der Waals surface area contributed by atoms with Gasteiger partial charge < -0.3 is 19.2 Å². The van der Waals surface area contributed by atoms with E-state index in [1.807, 2.05) is 0 Å². The van der Waals surface area contributed by atoms with Gasteiger partial charge in [-0.2, -0.15) is 0 Å². The summed E-state index contributed by atoms with van der Waals surface area (Å²) in [6, 6.07) is 4.61. The summed E-state index contributed by atoms with van der Waals surface area (Å²) in [5, 5.41) is 3.99. The zero-order valence-electron chi connectivity index (χ0n) is 16.3. The molecule has 2 heterocycles. The molecule has 3 rings (SSSR count). The van der Waals surface area contributed by atoms with Crippen molar-refractivity contribution in [3.63, 3.8) is 0 Å². The van der Waals surface area contributed by atoms with Crippen molar-refractivity contribution in [2.75, 3.05) is 39.5 Å². The largest absolute Gasteiger partial charge is 0.482 e. The molecule has 0 aliphatic carbocycles. The van der Waals surface area contributed by atoms with Gasteiger partial charge in [0.15, 0.2) is 6.61 Å². The Morgan fingerprint density at radius 2 is 2.00 bits per heavy atom. The lowest BCUT2D eigenvalue weighted by Crippen LogP contribution is -2.55. The van der Waals surface area contributed by atoms with Gasteiger partial charge in [0.25, 0.3) is 5.91 Å². The molecule has 0 unspecified atom stereocenters. The fraction of sp³-hybridized carbons (Fsp3) is 0.500. The minimum atomic E-state index is -0.443. The Balaban J connectivity index is 1.59. The van der Waals surface area contributed by atoms with E-state index in [1.54, 1.807) is 13.0 Å². The van der Waals surface area contributed by atoms with Gasteiger partial charge in [-0.05, 0) is 32.4 Å².